The first-order valence-electron chi connectivity index (χ1n) is 6.31. The molecule has 8 heteroatoms. The van der Waals surface area contributed by atoms with Crippen LogP contribution >= 0.6 is 35.0 Å². The predicted molar refractivity (Wildman–Crippen MR) is 88.8 cm³/mol. The topological polar surface area (TPSA) is 59.3 Å². The number of carbonyl (C=O) groups excluding carboxylic acids is 1. The number of nitrogens with zero attached hydrogens (tertiary/aromatic N) is 3. The SMILES string of the molecule is O=C(CSc1nnc2c(Cl)cc(Cl)cn12)Nc1ccccc1. The second-order valence-electron chi connectivity index (χ2n) is 4.39. The molecule has 1 N–H and O–H groups in total. The molecule has 112 valence electrons. The molecule has 1 aromatic carbocycles. The van der Waals surface area contributed by atoms with Gasteiger partial charge in [0.1, 0.15) is 0 Å². The van der Waals surface area contributed by atoms with Crippen molar-refractivity contribution < 1.29 is 4.79 Å². The maximum atomic E-state index is 11.9. The number of benzene rings is 1. The molecular formula is C14H10Cl2N4OS. The first-order valence-corrected chi connectivity index (χ1v) is 8.05. The first kappa shape index (κ1) is 15.1. The van der Waals surface area contributed by atoms with Crippen LogP contribution in [0.25, 0.3) is 5.65 Å². The Bertz CT molecular complexity index is 822. The Balaban J connectivity index is 1.70. The van der Waals surface area contributed by atoms with Crippen molar-refractivity contribution in [2.24, 2.45) is 0 Å². The lowest BCUT2D eigenvalue weighted by atomic mass is 10.3. The average molecular weight is 353 g/mol. The van der Waals surface area contributed by atoms with Gasteiger partial charge in [0.25, 0.3) is 0 Å². The summed E-state index contributed by atoms with van der Waals surface area (Å²) in [5, 5.41) is 12.3. The van der Waals surface area contributed by atoms with Gasteiger partial charge in [0, 0.05) is 11.9 Å². The van der Waals surface area contributed by atoms with Gasteiger partial charge in [-0.2, -0.15) is 0 Å². The van der Waals surface area contributed by atoms with Crippen LogP contribution in [0, 0.1) is 0 Å². The van der Waals surface area contributed by atoms with E-state index in [4.69, 9.17) is 23.2 Å². The van der Waals surface area contributed by atoms with Gasteiger partial charge in [0.05, 0.1) is 15.8 Å². The summed E-state index contributed by atoms with van der Waals surface area (Å²) in [4.78, 5) is 11.9. The second kappa shape index (κ2) is 6.56. The lowest BCUT2D eigenvalue weighted by molar-refractivity contribution is -0.113. The fraction of sp³-hybridized carbons (Fsp3) is 0.0714. The minimum Gasteiger partial charge on any atom is -0.325 e. The van der Waals surface area contributed by atoms with Crippen molar-refractivity contribution in [3.8, 4) is 0 Å². The Morgan fingerprint density at radius 3 is 2.77 bits per heavy atom. The number of thioether (sulfide) groups is 1. The second-order valence-corrected chi connectivity index (χ2v) is 6.17. The molecule has 0 atom stereocenters. The number of hydrogen-bond acceptors (Lipinski definition) is 4. The third-order valence-corrected chi connectivity index (χ3v) is 4.21. The van der Waals surface area contributed by atoms with Crippen LogP contribution in [0.1, 0.15) is 0 Å². The average Bonchev–Trinajstić information content (AvgIpc) is 2.89. The Morgan fingerprint density at radius 2 is 2.00 bits per heavy atom. The van der Waals surface area contributed by atoms with Gasteiger partial charge in [-0.05, 0) is 18.2 Å². The van der Waals surface area contributed by atoms with Gasteiger partial charge in [-0.1, -0.05) is 53.2 Å². The van der Waals surface area contributed by atoms with E-state index in [1.165, 1.54) is 11.8 Å². The molecule has 5 nitrogen and oxygen atoms in total. The van der Waals surface area contributed by atoms with Gasteiger partial charge in [-0.15, -0.1) is 10.2 Å². The van der Waals surface area contributed by atoms with E-state index in [0.717, 1.165) is 5.69 Å². The van der Waals surface area contributed by atoms with E-state index >= 15 is 0 Å². The van der Waals surface area contributed by atoms with Crippen molar-refractivity contribution in [2.75, 3.05) is 11.1 Å². The van der Waals surface area contributed by atoms with Gasteiger partial charge in [0.15, 0.2) is 10.8 Å². The fourth-order valence-corrected chi connectivity index (χ4v) is 3.07. The Kier molecular flexibility index (Phi) is 4.52. The van der Waals surface area contributed by atoms with Crippen LogP contribution in [0.2, 0.25) is 10.0 Å². The lowest BCUT2D eigenvalue weighted by Crippen LogP contribution is -2.14. The molecule has 0 radical (unpaired) electrons. The molecule has 0 bridgehead atoms. The predicted octanol–water partition coefficient (Wildman–Crippen LogP) is 3.77. The van der Waals surface area contributed by atoms with E-state index < -0.39 is 0 Å². The Labute approximate surface area is 140 Å². The molecule has 1 amide bonds. The summed E-state index contributed by atoms with van der Waals surface area (Å²) in [6.07, 6.45) is 1.67. The summed E-state index contributed by atoms with van der Waals surface area (Å²) in [7, 11) is 0. The minimum absolute atomic E-state index is 0.124. The molecule has 0 aliphatic carbocycles. The Hall–Kier alpha value is -1.76. The molecule has 0 aliphatic heterocycles. The minimum atomic E-state index is -0.124. The van der Waals surface area contributed by atoms with E-state index in [-0.39, 0.29) is 11.7 Å². The number of fused-ring (bicyclic) bond motifs is 1. The van der Waals surface area contributed by atoms with Gasteiger partial charge in [-0.25, -0.2) is 0 Å². The molecule has 0 fully saturated rings. The van der Waals surface area contributed by atoms with Crippen LogP contribution in [-0.4, -0.2) is 26.3 Å². The maximum Gasteiger partial charge on any atom is 0.234 e. The van der Waals surface area contributed by atoms with Crippen molar-refractivity contribution in [3.05, 3.63) is 52.6 Å². The molecule has 0 saturated carbocycles. The monoisotopic (exact) mass is 352 g/mol. The molecule has 3 aromatic rings. The van der Waals surface area contributed by atoms with Crippen LogP contribution in [-0.2, 0) is 4.79 Å². The van der Waals surface area contributed by atoms with E-state index in [1.807, 2.05) is 30.3 Å². The normalized spacial score (nSPS) is 10.8. The van der Waals surface area contributed by atoms with Crippen LogP contribution in [0.4, 0.5) is 5.69 Å². The number of pyridine rings is 1. The van der Waals surface area contributed by atoms with E-state index in [2.05, 4.69) is 15.5 Å². The lowest BCUT2D eigenvalue weighted by Gasteiger charge is -2.04. The van der Waals surface area contributed by atoms with Crippen LogP contribution in [0.15, 0.2) is 47.8 Å². The molecule has 2 aromatic heterocycles. The van der Waals surface area contributed by atoms with Crippen molar-refractivity contribution in [1.29, 1.82) is 0 Å². The molecular weight excluding hydrogens is 343 g/mol. The van der Waals surface area contributed by atoms with Gasteiger partial charge in [0.2, 0.25) is 5.91 Å². The number of rotatable bonds is 4. The number of amides is 1. The summed E-state index contributed by atoms with van der Waals surface area (Å²) in [6.45, 7) is 0. The number of aromatic nitrogens is 3. The van der Waals surface area contributed by atoms with E-state index in [0.29, 0.717) is 20.8 Å². The highest BCUT2D eigenvalue weighted by Crippen LogP contribution is 2.25. The summed E-state index contributed by atoms with van der Waals surface area (Å²) < 4.78 is 1.67. The highest BCUT2D eigenvalue weighted by molar-refractivity contribution is 7.99. The maximum absolute atomic E-state index is 11.9. The third-order valence-electron chi connectivity index (χ3n) is 2.79. The Morgan fingerprint density at radius 1 is 1.23 bits per heavy atom. The smallest absolute Gasteiger partial charge is 0.234 e. The quantitative estimate of drug-likeness (QED) is 0.726. The highest BCUT2D eigenvalue weighted by Gasteiger charge is 2.12. The largest absolute Gasteiger partial charge is 0.325 e. The molecule has 0 spiro atoms. The summed E-state index contributed by atoms with van der Waals surface area (Å²) >= 11 is 13.3. The van der Waals surface area contributed by atoms with E-state index in [1.54, 1.807) is 16.7 Å². The number of para-hydroxylation sites is 1. The molecule has 22 heavy (non-hydrogen) atoms. The van der Waals surface area contributed by atoms with Crippen LogP contribution < -0.4 is 5.32 Å². The third kappa shape index (κ3) is 3.35. The number of carbonyl (C=O) groups is 1. The van der Waals surface area contributed by atoms with Crippen molar-refractivity contribution >= 4 is 52.2 Å². The fourth-order valence-electron chi connectivity index (χ4n) is 1.85. The molecule has 0 aliphatic rings. The van der Waals surface area contributed by atoms with Crippen LogP contribution in [0.5, 0.6) is 0 Å². The molecule has 0 saturated heterocycles. The summed E-state index contributed by atoms with van der Waals surface area (Å²) in [5.41, 5.74) is 1.27. The van der Waals surface area contributed by atoms with Crippen molar-refractivity contribution in [2.45, 2.75) is 5.16 Å². The first-order chi connectivity index (χ1) is 10.6. The van der Waals surface area contributed by atoms with Gasteiger partial charge >= 0.3 is 0 Å². The highest BCUT2D eigenvalue weighted by atomic mass is 35.5. The molecule has 3 rings (SSSR count). The van der Waals surface area contributed by atoms with Gasteiger partial charge in [-0.3, -0.25) is 9.20 Å². The molecule has 0 unspecified atom stereocenters. The summed E-state index contributed by atoms with van der Waals surface area (Å²) in [5.74, 6) is 0.0842. The summed E-state index contributed by atoms with van der Waals surface area (Å²) in [6, 6.07) is 10.9. The van der Waals surface area contributed by atoms with Crippen LogP contribution in [0.3, 0.4) is 0 Å². The molecule has 2 heterocycles. The number of halogens is 2. The zero-order valence-electron chi connectivity index (χ0n) is 11.2. The number of anilines is 1. The van der Waals surface area contributed by atoms with Gasteiger partial charge < -0.3 is 5.32 Å². The number of nitrogens with one attached hydrogen (secondary N) is 1. The van der Waals surface area contributed by atoms with E-state index in [9.17, 15) is 4.79 Å². The zero-order chi connectivity index (χ0) is 15.5. The standard InChI is InChI=1S/C14H10Cl2N4OS/c15-9-6-11(16)13-18-19-14(20(13)7-9)22-8-12(21)17-10-4-2-1-3-5-10/h1-7H,8H2,(H,17,21). The number of hydrogen-bond donors (Lipinski definition) is 1. The van der Waals surface area contributed by atoms with Crippen molar-refractivity contribution in [3.63, 3.8) is 0 Å². The van der Waals surface area contributed by atoms with Crippen molar-refractivity contribution in [1.82, 2.24) is 14.6 Å². The zero-order valence-corrected chi connectivity index (χ0v) is 13.5.